The van der Waals surface area contributed by atoms with Crippen LogP contribution in [0, 0.1) is 5.82 Å². The molecule has 0 radical (unpaired) electrons. The SMILES string of the molecule is Fc1c(Cl)cc(-n2nncc2CCl)cc1Cl. The molecular weight excluding hydrogens is 275 g/mol. The summed E-state index contributed by atoms with van der Waals surface area (Å²) in [5.74, 6) is -0.417. The zero-order valence-corrected chi connectivity index (χ0v) is 10.1. The van der Waals surface area contributed by atoms with Crippen molar-refractivity contribution in [1.29, 1.82) is 0 Å². The van der Waals surface area contributed by atoms with Crippen LogP contribution in [-0.4, -0.2) is 15.0 Å². The van der Waals surface area contributed by atoms with E-state index < -0.39 is 5.82 Å². The number of nitrogens with zero attached hydrogens (tertiary/aromatic N) is 3. The second-order valence-corrected chi connectivity index (χ2v) is 4.08. The molecule has 3 nitrogen and oxygen atoms in total. The molecule has 0 fully saturated rings. The highest BCUT2D eigenvalue weighted by Gasteiger charge is 2.11. The number of benzene rings is 1. The standard InChI is InChI=1S/C9H5Cl3FN3/c10-3-6-4-14-15-16(6)5-1-7(11)9(13)8(12)2-5/h1-2,4H,3H2. The molecule has 0 aliphatic carbocycles. The van der Waals surface area contributed by atoms with Gasteiger partial charge in [0.25, 0.3) is 0 Å². The highest BCUT2D eigenvalue weighted by Crippen LogP contribution is 2.26. The van der Waals surface area contributed by atoms with Crippen LogP contribution in [-0.2, 0) is 5.88 Å². The monoisotopic (exact) mass is 279 g/mol. The highest BCUT2D eigenvalue weighted by molar-refractivity contribution is 6.35. The van der Waals surface area contributed by atoms with Gasteiger partial charge in [0.2, 0.25) is 0 Å². The summed E-state index contributed by atoms with van der Waals surface area (Å²) in [5, 5.41) is 7.37. The number of hydrogen-bond donors (Lipinski definition) is 0. The number of halogens is 4. The summed E-state index contributed by atoms with van der Waals surface area (Å²) >= 11 is 17.0. The Labute approximate surface area is 106 Å². The first-order valence-electron chi connectivity index (χ1n) is 4.24. The van der Waals surface area contributed by atoms with E-state index in [9.17, 15) is 4.39 Å². The molecule has 0 amide bonds. The number of alkyl halides is 1. The van der Waals surface area contributed by atoms with Crippen LogP contribution < -0.4 is 0 Å². The minimum atomic E-state index is -0.653. The van der Waals surface area contributed by atoms with Gasteiger partial charge in [-0.2, -0.15) is 0 Å². The van der Waals surface area contributed by atoms with Crippen LogP contribution >= 0.6 is 34.8 Å². The molecule has 1 aromatic heterocycles. The Hall–Kier alpha value is -0.840. The summed E-state index contributed by atoms with van der Waals surface area (Å²) in [7, 11) is 0. The molecule has 2 aromatic rings. The molecule has 0 aliphatic rings. The Bertz CT molecular complexity index is 503. The van der Waals surface area contributed by atoms with E-state index >= 15 is 0 Å². The van der Waals surface area contributed by atoms with E-state index in [1.807, 2.05) is 0 Å². The van der Waals surface area contributed by atoms with E-state index in [1.54, 1.807) is 0 Å². The Morgan fingerprint density at radius 3 is 2.44 bits per heavy atom. The molecule has 0 N–H and O–H groups in total. The number of rotatable bonds is 2. The fraction of sp³-hybridized carbons (Fsp3) is 0.111. The Balaban J connectivity index is 2.57. The molecule has 7 heteroatoms. The van der Waals surface area contributed by atoms with Gasteiger partial charge in [0.1, 0.15) is 0 Å². The third kappa shape index (κ3) is 2.00. The normalized spacial score (nSPS) is 10.8. The maximum Gasteiger partial charge on any atom is 0.160 e. The lowest BCUT2D eigenvalue weighted by molar-refractivity contribution is 0.627. The molecule has 0 aliphatic heterocycles. The van der Waals surface area contributed by atoms with Crippen molar-refractivity contribution in [3.63, 3.8) is 0 Å². The molecule has 0 atom stereocenters. The van der Waals surface area contributed by atoms with E-state index in [2.05, 4.69) is 10.3 Å². The van der Waals surface area contributed by atoms with Gasteiger partial charge in [0.15, 0.2) is 5.82 Å². The van der Waals surface area contributed by atoms with Crippen LogP contribution in [0.25, 0.3) is 5.69 Å². The third-order valence-corrected chi connectivity index (χ3v) is 2.79. The molecule has 1 aromatic carbocycles. The first-order chi connectivity index (χ1) is 7.63. The predicted octanol–water partition coefficient (Wildman–Crippen LogP) is 3.45. The largest absolute Gasteiger partial charge is 0.216 e. The maximum absolute atomic E-state index is 13.2. The van der Waals surface area contributed by atoms with Crippen molar-refractivity contribution in [2.24, 2.45) is 0 Å². The summed E-state index contributed by atoms with van der Waals surface area (Å²) in [6, 6.07) is 2.82. The molecular formula is C9H5Cl3FN3. The zero-order valence-electron chi connectivity index (χ0n) is 7.79. The Morgan fingerprint density at radius 1 is 1.25 bits per heavy atom. The lowest BCUT2D eigenvalue weighted by atomic mass is 10.3. The van der Waals surface area contributed by atoms with Crippen LogP contribution in [0.3, 0.4) is 0 Å². The quantitative estimate of drug-likeness (QED) is 0.623. The smallest absolute Gasteiger partial charge is 0.160 e. The first-order valence-corrected chi connectivity index (χ1v) is 5.53. The van der Waals surface area contributed by atoms with Gasteiger partial charge in [-0.1, -0.05) is 28.4 Å². The molecule has 1 heterocycles. The molecule has 84 valence electrons. The van der Waals surface area contributed by atoms with Crippen molar-refractivity contribution in [2.45, 2.75) is 5.88 Å². The molecule has 0 spiro atoms. The second kappa shape index (κ2) is 4.57. The van der Waals surface area contributed by atoms with E-state index in [0.29, 0.717) is 11.4 Å². The van der Waals surface area contributed by atoms with Crippen molar-refractivity contribution in [3.05, 3.63) is 39.9 Å². The van der Waals surface area contributed by atoms with Gasteiger partial charge in [0, 0.05) is 0 Å². The zero-order chi connectivity index (χ0) is 11.7. The first kappa shape index (κ1) is 11.6. The van der Waals surface area contributed by atoms with Gasteiger partial charge in [-0.3, -0.25) is 0 Å². The fourth-order valence-electron chi connectivity index (χ4n) is 1.23. The Morgan fingerprint density at radius 2 is 1.88 bits per heavy atom. The molecule has 0 unspecified atom stereocenters. The van der Waals surface area contributed by atoms with Crippen LogP contribution in [0.2, 0.25) is 10.0 Å². The summed E-state index contributed by atoms with van der Waals surface area (Å²) in [6.07, 6.45) is 1.51. The highest BCUT2D eigenvalue weighted by atomic mass is 35.5. The van der Waals surface area contributed by atoms with Crippen molar-refractivity contribution >= 4 is 34.8 Å². The summed E-state index contributed by atoms with van der Waals surface area (Å²) in [4.78, 5) is 0. The van der Waals surface area contributed by atoms with Crippen LogP contribution in [0.1, 0.15) is 5.69 Å². The van der Waals surface area contributed by atoms with E-state index in [0.717, 1.165) is 0 Å². The number of aromatic nitrogens is 3. The lowest BCUT2D eigenvalue weighted by Crippen LogP contribution is -2.01. The van der Waals surface area contributed by atoms with Crippen molar-refractivity contribution in [1.82, 2.24) is 15.0 Å². The van der Waals surface area contributed by atoms with Gasteiger partial charge in [-0.05, 0) is 12.1 Å². The molecule has 2 rings (SSSR count). The van der Waals surface area contributed by atoms with E-state index in [4.69, 9.17) is 34.8 Å². The van der Waals surface area contributed by atoms with Gasteiger partial charge in [0.05, 0.1) is 33.5 Å². The van der Waals surface area contributed by atoms with Crippen molar-refractivity contribution < 1.29 is 4.39 Å². The maximum atomic E-state index is 13.2. The fourth-order valence-corrected chi connectivity index (χ4v) is 1.89. The summed E-state index contributed by atoms with van der Waals surface area (Å²) in [6.45, 7) is 0. The van der Waals surface area contributed by atoms with Gasteiger partial charge in [-0.25, -0.2) is 9.07 Å². The number of hydrogen-bond acceptors (Lipinski definition) is 2. The predicted molar refractivity (Wildman–Crippen MR) is 60.9 cm³/mol. The van der Waals surface area contributed by atoms with E-state index in [-0.39, 0.29) is 15.9 Å². The molecule has 0 bridgehead atoms. The van der Waals surface area contributed by atoms with Crippen LogP contribution in [0.4, 0.5) is 4.39 Å². The minimum Gasteiger partial charge on any atom is -0.216 e. The third-order valence-electron chi connectivity index (χ3n) is 1.97. The molecule has 16 heavy (non-hydrogen) atoms. The summed E-state index contributed by atoms with van der Waals surface area (Å²) in [5.41, 5.74) is 1.19. The topological polar surface area (TPSA) is 30.7 Å². The van der Waals surface area contributed by atoms with Crippen LogP contribution in [0.15, 0.2) is 18.3 Å². The average Bonchev–Trinajstić information content (AvgIpc) is 2.73. The average molecular weight is 281 g/mol. The lowest BCUT2D eigenvalue weighted by Gasteiger charge is -2.06. The van der Waals surface area contributed by atoms with Gasteiger partial charge < -0.3 is 0 Å². The van der Waals surface area contributed by atoms with Gasteiger partial charge >= 0.3 is 0 Å². The second-order valence-electron chi connectivity index (χ2n) is 2.99. The van der Waals surface area contributed by atoms with Crippen molar-refractivity contribution in [3.8, 4) is 5.69 Å². The summed E-state index contributed by atoms with van der Waals surface area (Å²) < 4.78 is 14.6. The van der Waals surface area contributed by atoms with Crippen molar-refractivity contribution in [2.75, 3.05) is 0 Å². The molecule has 0 saturated carbocycles. The Kier molecular flexibility index (Phi) is 3.33. The van der Waals surface area contributed by atoms with Gasteiger partial charge in [-0.15, -0.1) is 16.7 Å². The molecule has 0 saturated heterocycles. The van der Waals surface area contributed by atoms with Crippen LogP contribution in [0.5, 0.6) is 0 Å². The van der Waals surface area contributed by atoms with E-state index in [1.165, 1.54) is 23.0 Å². The minimum absolute atomic E-state index is 0.0708.